The molecule has 2 aromatic rings. The molecular formula is C28H34FN3O5. The Morgan fingerprint density at radius 3 is 2.51 bits per heavy atom. The van der Waals surface area contributed by atoms with Gasteiger partial charge < -0.3 is 24.6 Å². The molecule has 1 aliphatic heterocycles. The molecule has 198 valence electrons. The molecule has 3 amide bonds. The summed E-state index contributed by atoms with van der Waals surface area (Å²) >= 11 is 0. The zero-order chi connectivity index (χ0) is 26.7. The molecule has 0 spiro atoms. The zero-order valence-corrected chi connectivity index (χ0v) is 21.7. The Hall–Kier alpha value is -3.46. The molecule has 2 aliphatic rings. The van der Waals surface area contributed by atoms with Crippen LogP contribution in [-0.4, -0.2) is 73.5 Å². The van der Waals surface area contributed by atoms with Crippen LogP contribution in [0.4, 0.5) is 10.1 Å². The van der Waals surface area contributed by atoms with E-state index in [1.165, 1.54) is 12.1 Å². The highest BCUT2D eigenvalue weighted by Crippen LogP contribution is 2.32. The van der Waals surface area contributed by atoms with Crippen molar-refractivity contribution in [3.05, 3.63) is 59.4 Å². The normalized spacial score (nSPS) is 22.8. The summed E-state index contributed by atoms with van der Waals surface area (Å²) < 4.78 is 26.3. The smallest absolute Gasteiger partial charge is 0.257 e. The minimum absolute atomic E-state index is 0.00801. The number of nitrogens with one attached hydrogen (secondary N) is 1. The summed E-state index contributed by atoms with van der Waals surface area (Å²) in [5.41, 5.74) is 0.818. The largest absolute Gasteiger partial charge is 0.491 e. The first-order valence-electron chi connectivity index (χ1n) is 12.6. The van der Waals surface area contributed by atoms with Crippen LogP contribution < -0.4 is 10.1 Å². The fourth-order valence-corrected chi connectivity index (χ4v) is 4.52. The highest BCUT2D eigenvalue weighted by Gasteiger charge is 2.32. The molecular weight excluding hydrogens is 477 g/mol. The molecule has 3 atom stereocenters. The maximum absolute atomic E-state index is 14.5. The maximum Gasteiger partial charge on any atom is 0.257 e. The predicted molar refractivity (Wildman–Crippen MR) is 137 cm³/mol. The van der Waals surface area contributed by atoms with E-state index in [9.17, 15) is 18.8 Å². The van der Waals surface area contributed by atoms with E-state index in [1.54, 1.807) is 54.3 Å². The fourth-order valence-electron chi connectivity index (χ4n) is 4.52. The van der Waals surface area contributed by atoms with Crippen LogP contribution in [0.15, 0.2) is 42.5 Å². The molecule has 4 rings (SSSR count). The van der Waals surface area contributed by atoms with Crippen LogP contribution in [0, 0.1) is 17.7 Å². The van der Waals surface area contributed by atoms with Crippen LogP contribution in [0.5, 0.6) is 5.75 Å². The van der Waals surface area contributed by atoms with Gasteiger partial charge in [0.15, 0.2) is 0 Å². The summed E-state index contributed by atoms with van der Waals surface area (Å²) in [7, 11) is 3.25. The molecule has 9 heteroatoms. The van der Waals surface area contributed by atoms with Crippen molar-refractivity contribution in [1.29, 1.82) is 0 Å². The van der Waals surface area contributed by atoms with E-state index >= 15 is 0 Å². The van der Waals surface area contributed by atoms with E-state index in [0.717, 1.165) is 12.8 Å². The minimum atomic E-state index is -0.584. The van der Waals surface area contributed by atoms with Crippen LogP contribution in [0.25, 0.3) is 0 Å². The number of likely N-dealkylation sites (N-methyl/N-ethyl adjacent to an activating group) is 1. The highest BCUT2D eigenvalue weighted by molar-refractivity contribution is 6.00. The molecule has 37 heavy (non-hydrogen) atoms. The van der Waals surface area contributed by atoms with Crippen LogP contribution in [0.2, 0.25) is 0 Å². The molecule has 1 heterocycles. The maximum atomic E-state index is 14.5. The van der Waals surface area contributed by atoms with Crippen molar-refractivity contribution < 1.29 is 28.2 Å². The topological polar surface area (TPSA) is 88.2 Å². The van der Waals surface area contributed by atoms with E-state index < -0.39 is 17.8 Å². The molecule has 8 nitrogen and oxygen atoms in total. The average molecular weight is 512 g/mol. The van der Waals surface area contributed by atoms with Gasteiger partial charge >= 0.3 is 0 Å². The first-order chi connectivity index (χ1) is 17.7. The van der Waals surface area contributed by atoms with Crippen LogP contribution in [0.3, 0.4) is 0 Å². The summed E-state index contributed by atoms with van der Waals surface area (Å²) in [6, 6.07) is 10.5. The Kier molecular flexibility index (Phi) is 8.12. The first kappa shape index (κ1) is 26.6. The number of carbonyl (C=O) groups is 3. The van der Waals surface area contributed by atoms with Gasteiger partial charge in [0, 0.05) is 44.8 Å². The second-order valence-electron chi connectivity index (χ2n) is 10.0. The summed E-state index contributed by atoms with van der Waals surface area (Å²) in [5.74, 6) is -1.14. The Morgan fingerprint density at radius 2 is 1.84 bits per heavy atom. The van der Waals surface area contributed by atoms with Gasteiger partial charge in [0.05, 0.1) is 23.3 Å². The Morgan fingerprint density at radius 1 is 1.11 bits per heavy atom. The zero-order valence-electron chi connectivity index (χ0n) is 21.7. The summed E-state index contributed by atoms with van der Waals surface area (Å²) in [6.45, 7) is 4.41. The van der Waals surface area contributed by atoms with E-state index in [2.05, 4.69) is 5.32 Å². The van der Waals surface area contributed by atoms with E-state index in [1.807, 2.05) is 13.8 Å². The van der Waals surface area contributed by atoms with E-state index in [-0.39, 0.29) is 55.0 Å². The number of carbonyl (C=O) groups excluding carboxylic acids is 3. The van der Waals surface area contributed by atoms with Gasteiger partial charge in [-0.15, -0.1) is 0 Å². The lowest BCUT2D eigenvalue weighted by atomic mass is 10.0. The number of hydrogen-bond donors (Lipinski definition) is 1. The minimum Gasteiger partial charge on any atom is -0.491 e. The van der Waals surface area contributed by atoms with Gasteiger partial charge in [0.2, 0.25) is 5.91 Å². The Balaban J connectivity index is 1.66. The molecule has 1 aliphatic carbocycles. The van der Waals surface area contributed by atoms with Gasteiger partial charge in [-0.3, -0.25) is 14.4 Å². The van der Waals surface area contributed by atoms with Crippen molar-refractivity contribution in [2.45, 2.75) is 38.8 Å². The Bertz CT molecular complexity index is 1170. The second kappa shape index (κ2) is 11.3. The monoisotopic (exact) mass is 511 g/mol. The van der Waals surface area contributed by atoms with Crippen molar-refractivity contribution in [3.63, 3.8) is 0 Å². The molecule has 0 saturated heterocycles. The highest BCUT2D eigenvalue weighted by atomic mass is 19.1. The van der Waals surface area contributed by atoms with Gasteiger partial charge in [-0.05, 0) is 50.1 Å². The SMILES string of the molecule is CO[C@H]1CN(C)C(=O)c2cc(NC(=O)C3CC3)ccc2OC[C@@H](C)N(C(=O)c2ccccc2F)C[C@H]1C. The average Bonchev–Trinajstić information content (AvgIpc) is 3.74. The number of benzene rings is 2. The summed E-state index contributed by atoms with van der Waals surface area (Å²) in [6.07, 6.45) is 1.37. The van der Waals surface area contributed by atoms with Gasteiger partial charge in [-0.2, -0.15) is 0 Å². The predicted octanol–water partition coefficient (Wildman–Crippen LogP) is 3.82. The number of anilines is 1. The molecule has 1 fully saturated rings. The summed E-state index contributed by atoms with van der Waals surface area (Å²) in [5, 5.41) is 2.88. The molecule has 0 bridgehead atoms. The molecule has 1 N–H and O–H groups in total. The van der Waals surface area contributed by atoms with Crippen molar-refractivity contribution in [2.75, 3.05) is 39.2 Å². The second-order valence-corrected chi connectivity index (χ2v) is 10.0. The molecule has 0 unspecified atom stereocenters. The van der Waals surface area contributed by atoms with Gasteiger partial charge in [-0.25, -0.2) is 4.39 Å². The van der Waals surface area contributed by atoms with Gasteiger partial charge in [0.1, 0.15) is 18.2 Å². The quantitative estimate of drug-likeness (QED) is 0.674. The number of halogens is 1. The van der Waals surface area contributed by atoms with Gasteiger partial charge in [-0.1, -0.05) is 19.1 Å². The first-order valence-corrected chi connectivity index (χ1v) is 12.6. The molecule has 1 saturated carbocycles. The lowest BCUT2D eigenvalue weighted by Crippen LogP contribution is -2.48. The number of nitrogens with zero attached hydrogens (tertiary/aromatic N) is 2. The van der Waals surface area contributed by atoms with Crippen LogP contribution in [0.1, 0.15) is 47.4 Å². The number of hydrogen-bond acceptors (Lipinski definition) is 5. The fraction of sp³-hybridized carbons (Fsp3) is 0.464. The van der Waals surface area contributed by atoms with Crippen LogP contribution >= 0.6 is 0 Å². The molecule has 0 radical (unpaired) electrons. The van der Waals surface area contributed by atoms with E-state index in [0.29, 0.717) is 17.0 Å². The third-order valence-corrected chi connectivity index (χ3v) is 7.03. The van der Waals surface area contributed by atoms with Crippen molar-refractivity contribution in [1.82, 2.24) is 9.80 Å². The lowest BCUT2D eigenvalue weighted by molar-refractivity contribution is -0.117. The van der Waals surface area contributed by atoms with Crippen LogP contribution in [-0.2, 0) is 9.53 Å². The number of methoxy groups -OCH3 is 1. The number of amides is 3. The van der Waals surface area contributed by atoms with Crippen molar-refractivity contribution in [3.8, 4) is 5.75 Å². The van der Waals surface area contributed by atoms with Gasteiger partial charge in [0.25, 0.3) is 11.8 Å². The molecule has 2 aromatic carbocycles. The molecule has 0 aromatic heterocycles. The van der Waals surface area contributed by atoms with E-state index in [4.69, 9.17) is 9.47 Å². The lowest BCUT2D eigenvalue weighted by Gasteiger charge is -2.36. The number of fused-ring (bicyclic) bond motifs is 1. The van der Waals surface area contributed by atoms with Crippen molar-refractivity contribution in [2.24, 2.45) is 11.8 Å². The number of ether oxygens (including phenoxy) is 2. The van der Waals surface area contributed by atoms with Crippen molar-refractivity contribution >= 4 is 23.4 Å². The number of rotatable bonds is 4. The summed E-state index contributed by atoms with van der Waals surface area (Å²) in [4.78, 5) is 42.3. The Labute approximate surface area is 216 Å². The standard InChI is InChI=1S/C28H34FN3O5/c1-17-14-32(28(35)21-7-5-6-8-23(21)29)18(2)16-37-24-12-11-20(30-26(33)19-9-10-19)13-22(24)27(34)31(3)15-25(17)36-4/h5-8,11-13,17-19,25H,9-10,14-16H2,1-4H3,(H,30,33)/t17-,18-,25+/m1/s1. The third kappa shape index (κ3) is 6.10. The third-order valence-electron chi connectivity index (χ3n) is 7.03.